The number of benzene rings is 3. The second-order valence-corrected chi connectivity index (χ2v) is 9.57. The zero-order chi connectivity index (χ0) is 23.3. The molecule has 0 aliphatic carbocycles. The standard InChI is InChI=1S/C22H18Cl2F2N2O3S/c23-16-6-8-18(24)21(12-16)32(30,31)28(11-10-15-4-2-1-3-5-15)14-22(29)27-20-9-7-17(25)13-19(20)26/h1-9,12-13H,10-11,14H2,(H,27,29). The second-order valence-electron chi connectivity index (χ2n) is 6.82. The van der Waals surface area contributed by atoms with Crippen LogP contribution in [0.25, 0.3) is 0 Å². The summed E-state index contributed by atoms with van der Waals surface area (Å²) < 4.78 is 54.6. The Morgan fingerprint density at radius 3 is 2.38 bits per heavy atom. The molecule has 5 nitrogen and oxygen atoms in total. The monoisotopic (exact) mass is 498 g/mol. The third kappa shape index (κ3) is 6.04. The zero-order valence-corrected chi connectivity index (χ0v) is 18.9. The number of sulfonamides is 1. The summed E-state index contributed by atoms with van der Waals surface area (Å²) in [6.45, 7) is -0.663. The third-order valence-electron chi connectivity index (χ3n) is 4.53. The van der Waals surface area contributed by atoms with Gasteiger partial charge in [-0.15, -0.1) is 0 Å². The van der Waals surface area contributed by atoms with Crippen molar-refractivity contribution in [3.63, 3.8) is 0 Å². The number of anilines is 1. The summed E-state index contributed by atoms with van der Waals surface area (Å²) in [5.41, 5.74) is 0.590. The van der Waals surface area contributed by atoms with Gasteiger partial charge in [0.15, 0.2) is 0 Å². The van der Waals surface area contributed by atoms with Crippen LogP contribution in [0.2, 0.25) is 10.0 Å². The highest BCUT2D eigenvalue weighted by Gasteiger charge is 2.29. The Labute approximate surface area is 194 Å². The first-order valence-corrected chi connectivity index (χ1v) is 11.6. The molecule has 0 heterocycles. The molecule has 0 aliphatic heterocycles. The largest absolute Gasteiger partial charge is 0.322 e. The summed E-state index contributed by atoms with van der Waals surface area (Å²) in [4.78, 5) is 12.3. The van der Waals surface area contributed by atoms with Crippen LogP contribution in [0.3, 0.4) is 0 Å². The van der Waals surface area contributed by atoms with E-state index in [0.717, 1.165) is 22.0 Å². The highest BCUT2D eigenvalue weighted by atomic mass is 35.5. The van der Waals surface area contributed by atoms with Crippen LogP contribution in [0.15, 0.2) is 71.6 Å². The molecular weight excluding hydrogens is 481 g/mol. The van der Waals surface area contributed by atoms with E-state index in [-0.39, 0.29) is 27.2 Å². The maximum absolute atomic E-state index is 13.9. The maximum atomic E-state index is 13.9. The average Bonchev–Trinajstić information content (AvgIpc) is 2.75. The van der Waals surface area contributed by atoms with Crippen LogP contribution in [0.4, 0.5) is 14.5 Å². The van der Waals surface area contributed by atoms with Gasteiger partial charge in [0.2, 0.25) is 15.9 Å². The molecule has 3 rings (SSSR count). The van der Waals surface area contributed by atoms with Crippen LogP contribution in [0.5, 0.6) is 0 Å². The minimum atomic E-state index is -4.23. The third-order valence-corrected chi connectivity index (χ3v) is 7.09. The van der Waals surface area contributed by atoms with Gasteiger partial charge in [0.05, 0.1) is 17.3 Å². The second kappa shape index (κ2) is 10.4. The first-order valence-electron chi connectivity index (χ1n) is 9.41. The highest BCUT2D eigenvalue weighted by molar-refractivity contribution is 7.89. The summed E-state index contributed by atoms with van der Waals surface area (Å²) >= 11 is 12.0. The molecule has 1 N–H and O–H groups in total. The van der Waals surface area contributed by atoms with Crippen molar-refractivity contribution in [3.05, 3.63) is 94.0 Å². The van der Waals surface area contributed by atoms with E-state index in [1.54, 1.807) is 0 Å². The SMILES string of the molecule is O=C(CN(CCc1ccccc1)S(=O)(=O)c1cc(Cl)ccc1Cl)Nc1ccc(F)cc1F. The maximum Gasteiger partial charge on any atom is 0.245 e. The van der Waals surface area contributed by atoms with Gasteiger partial charge in [0.1, 0.15) is 16.5 Å². The van der Waals surface area contributed by atoms with Crippen molar-refractivity contribution in [2.24, 2.45) is 0 Å². The Hall–Kier alpha value is -2.52. The van der Waals surface area contributed by atoms with E-state index in [4.69, 9.17) is 23.2 Å². The van der Waals surface area contributed by atoms with Crippen molar-refractivity contribution in [3.8, 4) is 0 Å². The van der Waals surface area contributed by atoms with Gasteiger partial charge < -0.3 is 5.32 Å². The fraction of sp³-hybridized carbons (Fsp3) is 0.136. The van der Waals surface area contributed by atoms with Crippen LogP contribution >= 0.6 is 23.2 Å². The lowest BCUT2D eigenvalue weighted by molar-refractivity contribution is -0.116. The number of carbonyl (C=O) groups is 1. The van der Waals surface area contributed by atoms with Gasteiger partial charge in [-0.3, -0.25) is 4.79 Å². The molecule has 0 radical (unpaired) electrons. The van der Waals surface area contributed by atoms with E-state index >= 15 is 0 Å². The number of hydrogen-bond donors (Lipinski definition) is 1. The molecule has 0 aliphatic rings. The van der Waals surface area contributed by atoms with E-state index < -0.39 is 34.1 Å². The number of amides is 1. The molecular formula is C22H18Cl2F2N2O3S. The number of rotatable bonds is 8. The Balaban J connectivity index is 1.87. The lowest BCUT2D eigenvalue weighted by Gasteiger charge is -2.22. The zero-order valence-electron chi connectivity index (χ0n) is 16.6. The summed E-state index contributed by atoms with van der Waals surface area (Å²) in [6, 6.07) is 15.7. The van der Waals surface area contributed by atoms with Gasteiger partial charge >= 0.3 is 0 Å². The van der Waals surface area contributed by atoms with Crippen LogP contribution in [-0.2, 0) is 21.2 Å². The number of hydrogen-bond acceptors (Lipinski definition) is 3. The van der Waals surface area contributed by atoms with E-state index in [0.29, 0.717) is 12.5 Å². The lowest BCUT2D eigenvalue weighted by Crippen LogP contribution is -2.39. The van der Waals surface area contributed by atoms with Gasteiger partial charge in [-0.2, -0.15) is 4.31 Å². The smallest absolute Gasteiger partial charge is 0.245 e. The number of halogens is 4. The first kappa shape index (κ1) is 24.1. The lowest BCUT2D eigenvalue weighted by atomic mass is 10.1. The quantitative estimate of drug-likeness (QED) is 0.467. The van der Waals surface area contributed by atoms with Gasteiger partial charge in [-0.25, -0.2) is 17.2 Å². The Morgan fingerprint density at radius 1 is 0.969 bits per heavy atom. The molecule has 3 aromatic rings. The van der Waals surface area contributed by atoms with Crippen molar-refractivity contribution < 1.29 is 22.0 Å². The average molecular weight is 499 g/mol. The Morgan fingerprint density at radius 2 is 1.69 bits per heavy atom. The molecule has 0 saturated carbocycles. The molecule has 0 unspecified atom stereocenters. The van der Waals surface area contributed by atoms with E-state index in [2.05, 4.69) is 5.32 Å². The van der Waals surface area contributed by atoms with Gasteiger partial charge in [0, 0.05) is 17.6 Å². The van der Waals surface area contributed by atoms with E-state index in [1.807, 2.05) is 30.3 Å². The summed E-state index contributed by atoms with van der Waals surface area (Å²) in [6.07, 6.45) is 0.316. The summed E-state index contributed by atoms with van der Waals surface area (Å²) in [7, 11) is -4.23. The number of carbonyl (C=O) groups excluding carboxylic acids is 1. The fourth-order valence-corrected chi connectivity index (χ4v) is 5.07. The van der Waals surface area contributed by atoms with Crippen molar-refractivity contribution in [1.82, 2.24) is 4.31 Å². The number of nitrogens with one attached hydrogen (secondary N) is 1. The van der Waals surface area contributed by atoms with Crippen LogP contribution in [0.1, 0.15) is 5.56 Å². The van der Waals surface area contributed by atoms with Gasteiger partial charge in [-0.1, -0.05) is 53.5 Å². The molecule has 0 saturated heterocycles. The molecule has 0 aromatic heterocycles. The molecule has 168 valence electrons. The van der Waals surface area contributed by atoms with Crippen molar-refractivity contribution >= 4 is 44.8 Å². The van der Waals surface area contributed by atoms with E-state index in [1.165, 1.54) is 18.2 Å². The van der Waals surface area contributed by atoms with Gasteiger partial charge in [-0.05, 0) is 42.3 Å². The molecule has 32 heavy (non-hydrogen) atoms. The van der Waals surface area contributed by atoms with E-state index in [9.17, 15) is 22.0 Å². The first-order chi connectivity index (χ1) is 15.2. The highest BCUT2D eigenvalue weighted by Crippen LogP contribution is 2.28. The van der Waals surface area contributed by atoms with Crippen molar-refractivity contribution in [1.29, 1.82) is 0 Å². The van der Waals surface area contributed by atoms with Gasteiger partial charge in [0.25, 0.3) is 0 Å². The van der Waals surface area contributed by atoms with Crippen LogP contribution < -0.4 is 5.32 Å². The summed E-state index contributed by atoms with van der Waals surface area (Å²) in [5, 5.41) is 2.38. The van der Waals surface area contributed by atoms with Crippen LogP contribution in [-0.4, -0.2) is 31.7 Å². The Bertz CT molecular complexity index is 1230. The minimum absolute atomic E-state index is 0.0471. The predicted molar refractivity (Wildman–Crippen MR) is 120 cm³/mol. The minimum Gasteiger partial charge on any atom is -0.322 e. The van der Waals surface area contributed by atoms with Crippen LogP contribution in [0, 0.1) is 11.6 Å². The number of nitrogens with zero attached hydrogens (tertiary/aromatic N) is 1. The molecule has 0 atom stereocenters. The summed E-state index contributed by atoms with van der Waals surface area (Å²) in [5.74, 6) is -2.58. The Kier molecular flexibility index (Phi) is 7.84. The molecule has 1 amide bonds. The topological polar surface area (TPSA) is 66.5 Å². The molecule has 0 spiro atoms. The molecule has 3 aromatic carbocycles. The molecule has 0 bridgehead atoms. The van der Waals surface area contributed by atoms with Crippen molar-refractivity contribution in [2.45, 2.75) is 11.3 Å². The van der Waals surface area contributed by atoms with Crippen molar-refractivity contribution in [2.75, 3.05) is 18.4 Å². The fourth-order valence-electron chi connectivity index (χ4n) is 2.94. The molecule has 10 heteroatoms. The normalized spacial score (nSPS) is 11.5. The predicted octanol–water partition coefficient (Wildman–Crippen LogP) is 5.14. The molecule has 0 fully saturated rings.